The number of hydrogen-bond donors (Lipinski definition) is 8. The molecule has 0 heterocycles. The monoisotopic (exact) mass is 419 g/mol. The van der Waals surface area contributed by atoms with Crippen LogP contribution in [0.15, 0.2) is 0 Å². The number of carbonyl (C=O) groups excluding carboxylic acids is 4. The van der Waals surface area contributed by atoms with Gasteiger partial charge in [-0.25, -0.2) is 4.79 Å². The summed E-state index contributed by atoms with van der Waals surface area (Å²) in [6.07, 6.45) is -0.590. The molecule has 0 aliphatic heterocycles. The molecular weight excluding hydrogens is 390 g/mol. The second-order valence-electron chi connectivity index (χ2n) is 6.66. The average molecular weight is 419 g/mol. The third-order valence-corrected chi connectivity index (χ3v) is 3.95. The van der Waals surface area contributed by atoms with E-state index in [1.54, 1.807) is 13.8 Å². The average Bonchev–Trinajstić information content (AvgIpc) is 2.65. The molecule has 0 aliphatic rings. The van der Waals surface area contributed by atoms with Crippen molar-refractivity contribution >= 4 is 29.6 Å². The van der Waals surface area contributed by atoms with E-state index in [2.05, 4.69) is 16.0 Å². The van der Waals surface area contributed by atoms with Crippen LogP contribution in [0.25, 0.3) is 0 Å². The van der Waals surface area contributed by atoms with E-state index in [9.17, 15) is 34.2 Å². The van der Waals surface area contributed by atoms with Crippen molar-refractivity contribution in [3.05, 3.63) is 0 Å². The van der Waals surface area contributed by atoms with Gasteiger partial charge in [0.2, 0.25) is 23.6 Å². The minimum atomic E-state index is -1.57. The van der Waals surface area contributed by atoms with E-state index in [1.807, 2.05) is 0 Å². The fraction of sp³-hybridized carbons (Fsp3) is 0.688. The van der Waals surface area contributed by atoms with Gasteiger partial charge < -0.3 is 42.7 Å². The van der Waals surface area contributed by atoms with Crippen LogP contribution in [0.4, 0.5) is 0 Å². The number of carboxylic acid groups (broad SMARTS) is 1. The normalized spacial score (nSPS) is 15.0. The maximum Gasteiger partial charge on any atom is 0.326 e. The summed E-state index contributed by atoms with van der Waals surface area (Å²) in [5.74, 6) is -5.17. The maximum atomic E-state index is 12.2. The summed E-state index contributed by atoms with van der Waals surface area (Å²) >= 11 is 0. The SMILES string of the molecule is CC(C)C(N)C(=O)NC(CO)C(=O)NC(CO)C(=O)NC(CCC(N)=O)C(=O)O. The van der Waals surface area contributed by atoms with Gasteiger partial charge in [-0.15, -0.1) is 0 Å². The van der Waals surface area contributed by atoms with Gasteiger partial charge in [0.1, 0.15) is 18.1 Å². The lowest BCUT2D eigenvalue weighted by Crippen LogP contribution is -2.59. The molecule has 166 valence electrons. The molecule has 29 heavy (non-hydrogen) atoms. The quantitative estimate of drug-likeness (QED) is 0.144. The standard InChI is InChI=1S/C16H29N5O8/c1-7(2)12(18)15(27)21-10(6-23)14(26)20-9(5-22)13(25)19-8(16(28)29)3-4-11(17)24/h7-10,12,22-23H,3-6,18H2,1-2H3,(H2,17,24)(H,19,25)(H,20,26)(H,21,27)(H,28,29). The van der Waals surface area contributed by atoms with Crippen LogP contribution in [-0.2, 0) is 24.0 Å². The molecule has 0 aromatic heterocycles. The molecule has 4 atom stereocenters. The number of rotatable bonds is 13. The van der Waals surface area contributed by atoms with Crippen molar-refractivity contribution in [3.8, 4) is 0 Å². The molecule has 13 heteroatoms. The number of aliphatic carboxylic acids is 1. The van der Waals surface area contributed by atoms with E-state index < -0.39 is 67.0 Å². The Morgan fingerprint density at radius 3 is 1.59 bits per heavy atom. The highest BCUT2D eigenvalue weighted by Crippen LogP contribution is 2.01. The van der Waals surface area contributed by atoms with Crippen molar-refractivity contribution in [1.82, 2.24) is 16.0 Å². The number of primary amides is 1. The second-order valence-corrected chi connectivity index (χ2v) is 6.66. The van der Waals surface area contributed by atoms with Crippen molar-refractivity contribution in [1.29, 1.82) is 0 Å². The first-order valence-corrected chi connectivity index (χ1v) is 8.84. The number of carboxylic acids is 1. The molecule has 0 aliphatic carbocycles. The Bertz CT molecular complexity index is 612. The Morgan fingerprint density at radius 2 is 1.24 bits per heavy atom. The van der Waals surface area contributed by atoms with E-state index in [1.165, 1.54) is 0 Å². The molecule has 0 saturated carbocycles. The maximum absolute atomic E-state index is 12.2. The number of aliphatic hydroxyl groups is 2. The number of amides is 4. The smallest absolute Gasteiger partial charge is 0.326 e. The molecule has 0 rings (SSSR count). The highest BCUT2D eigenvalue weighted by Gasteiger charge is 2.30. The molecule has 0 spiro atoms. The molecule has 13 nitrogen and oxygen atoms in total. The topological polar surface area (TPSA) is 234 Å². The molecular formula is C16H29N5O8. The van der Waals surface area contributed by atoms with Gasteiger partial charge in [0, 0.05) is 6.42 Å². The summed E-state index contributed by atoms with van der Waals surface area (Å²) in [6.45, 7) is 1.67. The molecule has 10 N–H and O–H groups in total. The third-order valence-electron chi connectivity index (χ3n) is 3.95. The Morgan fingerprint density at radius 1 is 0.828 bits per heavy atom. The number of hydrogen-bond acceptors (Lipinski definition) is 8. The van der Waals surface area contributed by atoms with Crippen LogP contribution in [-0.4, -0.2) is 82.3 Å². The Kier molecular flexibility index (Phi) is 11.4. The lowest BCUT2D eigenvalue weighted by molar-refractivity contribution is -0.143. The van der Waals surface area contributed by atoms with Crippen molar-refractivity contribution in [2.24, 2.45) is 17.4 Å². The summed E-state index contributed by atoms with van der Waals surface area (Å²) in [5.41, 5.74) is 10.6. The number of nitrogens with two attached hydrogens (primary N) is 2. The van der Waals surface area contributed by atoms with E-state index in [-0.39, 0.29) is 18.8 Å². The number of nitrogens with one attached hydrogen (secondary N) is 3. The molecule has 0 fully saturated rings. The van der Waals surface area contributed by atoms with Crippen LogP contribution in [0.3, 0.4) is 0 Å². The van der Waals surface area contributed by atoms with Crippen molar-refractivity contribution < 1.29 is 39.3 Å². The Hall–Kier alpha value is -2.77. The first kappa shape index (κ1) is 26.2. The Labute approximate surface area is 167 Å². The van der Waals surface area contributed by atoms with E-state index >= 15 is 0 Å². The van der Waals surface area contributed by atoms with E-state index in [4.69, 9.17) is 16.6 Å². The van der Waals surface area contributed by atoms with Crippen LogP contribution >= 0.6 is 0 Å². The second kappa shape index (κ2) is 12.6. The van der Waals surface area contributed by atoms with Crippen molar-refractivity contribution in [2.45, 2.75) is 50.9 Å². The number of aliphatic hydroxyl groups excluding tert-OH is 2. The first-order valence-electron chi connectivity index (χ1n) is 8.84. The van der Waals surface area contributed by atoms with Gasteiger partial charge >= 0.3 is 5.97 Å². The summed E-state index contributed by atoms with van der Waals surface area (Å²) < 4.78 is 0. The molecule has 0 bridgehead atoms. The van der Waals surface area contributed by atoms with Gasteiger partial charge in [0.25, 0.3) is 0 Å². The molecule has 0 aromatic carbocycles. The minimum absolute atomic E-state index is 0.235. The zero-order valence-corrected chi connectivity index (χ0v) is 16.3. The largest absolute Gasteiger partial charge is 0.480 e. The zero-order chi connectivity index (χ0) is 22.7. The summed E-state index contributed by atoms with van der Waals surface area (Å²) in [6, 6.07) is -5.42. The van der Waals surface area contributed by atoms with Crippen LogP contribution in [0.5, 0.6) is 0 Å². The van der Waals surface area contributed by atoms with Gasteiger partial charge in [-0.2, -0.15) is 0 Å². The van der Waals surface area contributed by atoms with E-state index in [0.717, 1.165) is 0 Å². The number of carbonyl (C=O) groups is 5. The lowest BCUT2D eigenvalue weighted by atomic mass is 10.0. The third kappa shape index (κ3) is 9.32. The molecule has 0 radical (unpaired) electrons. The lowest BCUT2D eigenvalue weighted by Gasteiger charge is -2.24. The minimum Gasteiger partial charge on any atom is -0.480 e. The molecule has 4 unspecified atom stereocenters. The van der Waals surface area contributed by atoms with Crippen LogP contribution in [0.2, 0.25) is 0 Å². The van der Waals surface area contributed by atoms with Crippen LogP contribution in [0.1, 0.15) is 26.7 Å². The Balaban J connectivity index is 5.01. The van der Waals surface area contributed by atoms with Gasteiger partial charge in [-0.05, 0) is 12.3 Å². The van der Waals surface area contributed by atoms with Gasteiger partial charge in [0.05, 0.1) is 19.3 Å². The van der Waals surface area contributed by atoms with Gasteiger partial charge in [-0.3, -0.25) is 19.2 Å². The molecule has 4 amide bonds. The van der Waals surface area contributed by atoms with E-state index in [0.29, 0.717) is 0 Å². The molecule has 0 aromatic rings. The van der Waals surface area contributed by atoms with Gasteiger partial charge in [0.15, 0.2) is 0 Å². The zero-order valence-electron chi connectivity index (χ0n) is 16.3. The summed E-state index contributed by atoms with van der Waals surface area (Å²) in [4.78, 5) is 58.3. The predicted molar refractivity (Wildman–Crippen MR) is 98.8 cm³/mol. The van der Waals surface area contributed by atoms with Crippen molar-refractivity contribution in [2.75, 3.05) is 13.2 Å². The van der Waals surface area contributed by atoms with Gasteiger partial charge in [-0.1, -0.05) is 13.8 Å². The molecule has 0 saturated heterocycles. The summed E-state index contributed by atoms with van der Waals surface area (Å²) in [5, 5.41) is 34.1. The van der Waals surface area contributed by atoms with Crippen molar-refractivity contribution in [3.63, 3.8) is 0 Å². The highest BCUT2D eigenvalue weighted by atomic mass is 16.4. The first-order chi connectivity index (χ1) is 13.4. The fourth-order valence-corrected chi connectivity index (χ4v) is 2.05. The highest BCUT2D eigenvalue weighted by molar-refractivity contribution is 5.94. The predicted octanol–water partition coefficient (Wildman–Crippen LogP) is -4.24. The fourth-order valence-electron chi connectivity index (χ4n) is 2.05. The summed E-state index contributed by atoms with van der Waals surface area (Å²) in [7, 11) is 0. The van der Waals surface area contributed by atoms with Crippen LogP contribution < -0.4 is 27.4 Å². The van der Waals surface area contributed by atoms with Crippen LogP contribution in [0, 0.1) is 5.92 Å².